The third kappa shape index (κ3) is 5.18. The molecule has 0 heterocycles. The van der Waals surface area contributed by atoms with Gasteiger partial charge >= 0.3 is 11.9 Å². The first-order valence-electron chi connectivity index (χ1n) is 8.07. The van der Waals surface area contributed by atoms with Gasteiger partial charge in [0.25, 0.3) is 5.91 Å². The highest BCUT2D eigenvalue weighted by Gasteiger charge is 2.17. The number of ether oxygens (including phenoxy) is 2. The molecule has 0 fully saturated rings. The van der Waals surface area contributed by atoms with E-state index in [0.29, 0.717) is 16.9 Å². The van der Waals surface area contributed by atoms with Crippen LogP contribution < -0.4 is 10.6 Å². The normalized spacial score (nSPS) is 10.7. The number of nitrogens with one attached hydrogen (secondary N) is 2. The van der Waals surface area contributed by atoms with E-state index in [2.05, 4.69) is 20.1 Å². The van der Waals surface area contributed by atoms with Crippen molar-refractivity contribution in [3.63, 3.8) is 0 Å². The number of benzene rings is 2. The van der Waals surface area contributed by atoms with Crippen molar-refractivity contribution in [3.8, 4) is 0 Å². The van der Waals surface area contributed by atoms with Crippen LogP contribution in [-0.2, 0) is 19.1 Å². The molecule has 2 aromatic rings. The lowest BCUT2D eigenvalue weighted by molar-refractivity contribution is -0.138. The molecule has 140 valence electrons. The van der Waals surface area contributed by atoms with E-state index in [4.69, 9.17) is 0 Å². The zero-order chi connectivity index (χ0) is 19.8. The average molecular weight is 368 g/mol. The van der Waals surface area contributed by atoms with Crippen molar-refractivity contribution in [1.29, 1.82) is 0 Å². The number of rotatable bonds is 6. The van der Waals surface area contributed by atoms with Gasteiger partial charge in [0, 0.05) is 5.69 Å². The first kappa shape index (κ1) is 19.7. The summed E-state index contributed by atoms with van der Waals surface area (Å²) in [4.78, 5) is 36.1. The summed E-state index contributed by atoms with van der Waals surface area (Å²) in [6.45, 7) is 1.88. The zero-order valence-corrected chi connectivity index (χ0v) is 15.2. The van der Waals surface area contributed by atoms with E-state index >= 15 is 0 Å². The number of esters is 2. The zero-order valence-electron chi connectivity index (χ0n) is 15.2. The summed E-state index contributed by atoms with van der Waals surface area (Å²) in [6, 6.07) is 14.0. The first-order chi connectivity index (χ1) is 13.0. The van der Waals surface area contributed by atoms with E-state index in [0.717, 1.165) is 11.6 Å². The minimum atomic E-state index is -0.769. The number of amides is 1. The molecule has 27 heavy (non-hydrogen) atoms. The predicted octanol–water partition coefficient (Wildman–Crippen LogP) is 2.89. The number of anilines is 2. The molecule has 0 aliphatic heterocycles. The van der Waals surface area contributed by atoms with E-state index in [1.807, 2.05) is 25.1 Å². The fraction of sp³-hybridized carbons (Fsp3) is 0.150. The van der Waals surface area contributed by atoms with Gasteiger partial charge < -0.3 is 20.1 Å². The Morgan fingerprint density at radius 1 is 0.852 bits per heavy atom. The Balaban J connectivity index is 2.32. The maximum absolute atomic E-state index is 12.7. The largest absolute Gasteiger partial charge is 0.466 e. The summed E-state index contributed by atoms with van der Waals surface area (Å²) in [5.74, 6) is -1.87. The molecule has 2 rings (SSSR count). The molecule has 0 spiro atoms. The SMILES string of the molecule is COC(=O)/C=C(/Nc1ccccc1C(=O)Nc1ccccc1C)C(=O)OC. The fourth-order valence-electron chi connectivity index (χ4n) is 2.27. The second-order valence-corrected chi connectivity index (χ2v) is 5.51. The summed E-state index contributed by atoms with van der Waals surface area (Å²) >= 11 is 0. The Labute approximate surface area is 157 Å². The van der Waals surface area contributed by atoms with Crippen molar-refractivity contribution in [2.45, 2.75) is 6.92 Å². The van der Waals surface area contributed by atoms with Gasteiger partial charge in [0.2, 0.25) is 0 Å². The number of aryl methyl sites for hydroxylation is 1. The molecule has 0 aliphatic carbocycles. The summed E-state index contributed by atoms with van der Waals surface area (Å²) < 4.78 is 9.20. The van der Waals surface area contributed by atoms with Crippen LogP contribution in [0.25, 0.3) is 0 Å². The van der Waals surface area contributed by atoms with E-state index in [9.17, 15) is 14.4 Å². The highest BCUT2D eigenvalue weighted by Crippen LogP contribution is 2.21. The van der Waals surface area contributed by atoms with Crippen molar-refractivity contribution in [2.24, 2.45) is 0 Å². The molecular formula is C20H20N2O5. The second-order valence-electron chi connectivity index (χ2n) is 5.51. The lowest BCUT2D eigenvalue weighted by atomic mass is 10.1. The van der Waals surface area contributed by atoms with Gasteiger partial charge in [-0.2, -0.15) is 0 Å². The minimum absolute atomic E-state index is 0.152. The van der Waals surface area contributed by atoms with Crippen molar-refractivity contribution >= 4 is 29.2 Å². The highest BCUT2D eigenvalue weighted by molar-refractivity contribution is 6.09. The van der Waals surface area contributed by atoms with Crippen molar-refractivity contribution < 1.29 is 23.9 Å². The molecule has 0 radical (unpaired) electrons. The van der Waals surface area contributed by atoms with Crippen molar-refractivity contribution in [1.82, 2.24) is 0 Å². The molecular weight excluding hydrogens is 348 g/mol. The first-order valence-corrected chi connectivity index (χ1v) is 8.07. The molecule has 0 unspecified atom stereocenters. The smallest absolute Gasteiger partial charge is 0.354 e. The van der Waals surface area contributed by atoms with Crippen LogP contribution in [0, 0.1) is 6.92 Å². The lowest BCUT2D eigenvalue weighted by Gasteiger charge is -2.14. The predicted molar refractivity (Wildman–Crippen MR) is 101 cm³/mol. The number of methoxy groups -OCH3 is 2. The molecule has 0 atom stereocenters. The molecule has 0 bridgehead atoms. The third-order valence-electron chi connectivity index (χ3n) is 3.70. The second kappa shape index (κ2) is 9.19. The summed E-state index contributed by atoms with van der Waals surface area (Å²) in [6.07, 6.45) is 0.960. The van der Waals surface area contributed by atoms with Crippen molar-refractivity contribution in [2.75, 3.05) is 24.9 Å². The van der Waals surface area contributed by atoms with Gasteiger partial charge in [-0.3, -0.25) is 4.79 Å². The van der Waals surface area contributed by atoms with Gasteiger partial charge in [-0.15, -0.1) is 0 Å². The van der Waals surface area contributed by atoms with Gasteiger partial charge in [0.1, 0.15) is 5.70 Å². The Hall–Kier alpha value is -3.61. The van der Waals surface area contributed by atoms with Crippen molar-refractivity contribution in [3.05, 3.63) is 71.4 Å². The van der Waals surface area contributed by atoms with Crippen LogP contribution in [0.3, 0.4) is 0 Å². The number of hydrogen-bond donors (Lipinski definition) is 2. The molecule has 0 aliphatic rings. The maximum Gasteiger partial charge on any atom is 0.354 e. The number of para-hydroxylation sites is 2. The summed E-state index contributed by atoms with van der Waals surface area (Å²) in [5, 5.41) is 5.60. The molecule has 0 saturated carbocycles. The van der Waals surface area contributed by atoms with Crippen LogP contribution >= 0.6 is 0 Å². The van der Waals surface area contributed by atoms with Crippen LogP contribution in [0.1, 0.15) is 15.9 Å². The Morgan fingerprint density at radius 2 is 1.48 bits per heavy atom. The van der Waals surface area contributed by atoms with E-state index < -0.39 is 11.9 Å². The standard InChI is InChI=1S/C20H20N2O5/c1-13-8-4-6-10-15(13)22-19(24)14-9-5-7-11-16(14)21-17(20(25)27-3)12-18(23)26-2/h4-12,21H,1-3H3,(H,22,24)/b17-12+. The Bertz CT molecular complexity index is 889. The molecule has 0 aromatic heterocycles. The number of carbonyl (C=O) groups is 3. The quantitative estimate of drug-likeness (QED) is 0.601. The maximum atomic E-state index is 12.7. The molecule has 7 heteroatoms. The van der Waals surface area contributed by atoms with Crippen LogP contribution in [0.5, 0.6) is 0 Å². The molecule has 0 saturated heterocycles. The summed E-state index contributed by atoms with van der Waals surface area (Å²) in [7, 11) is 2.38. The van der Waals surface area contributed by atoms with Gasteiger partial charge in [0.15, 0.2) is 0 Å². The fourth-order valence-corrected chi connectivity index (χ4v) is 2.27. The van der Waals surface area contributed by atoms with E-state index in [1.54, 1.807) is 30.3 Å². The van der Waals surface area contributed by atoms with Gasteiger partial charge in [-0.05, 0) is 30.7 Å². The topological polar surface area (TPSA) is 93.7 Å². The minimum Gasteiger partial charge on any atom is -0.466 e. The highest BCUT2D eigenvalue weighted by atomic mass is 16.5. The van der Waals surface area contributed by atoms with Gasteiger partial charge in [0.05, 0.1) is 31.5 Å². The number of carbonyl (C=O) groups excluding carboxylic acids is 3. The Morgan fingerprint density at radius 3 is 2.11 bits per heavy atom. The Kier molecular flexibility index (Phi) is 6.71. The van der Waals surface area contributed by atoms with Crippen LogP contribution in [0.4, 0.5) is 11.4 Å². The third-order valence-corrected chi connectivity index (χ3v) is 3.70. The molecule has 2 aromatic carbocycles. The summed E-state index contributed by atoms with van der Waals surface area (Å²) in [5.41, 5.74) is 2.07. The van der Waals surface area contributed by atoms with Crippen LogP contribution in [-0.4, -0.2) is 32.1 Å². The van der Waals surface area contributed by atoms with E-state index in [1.165, 1.54) is 14.2 Å². The molecule has 7 nitrogen and oxygen atoms in total. The van der Waals surface area contributed by atoms with Crippen LogP contribution in [0.2, 0.25) is 0 Å². The van der Waals surface area contributed by atoms with Crippen LogP contribution in [0.15, 0.2) is 60.3 Å². The average Bonchev–Trinajstić information content (AvgIpc) is 2.68. The van der Waals surface area contributed by atoms with Gasteiger partial charge in [-0.25, -0.2) is 9.59 Å². The monoisotopic (exact) mass is 368 g/mol. The van der Waals surface area contributed by atoms with E-state index in [-0.39, 0.29) is 11.6 Å². The lowest BCUT2D eigenvalue weighted by Crippen LogP contribution is -2.19. The van der Waals surface area contributed by atoms with Gasteiger partial charge in [-0.1, -0.05) is 30.3 Å². The molecule has 1 amide bonds. The molecule has 2 N–H and O–H groups in total. The number of hydrogen-bond acceptors (Lipinski definition) is 6.